The van der Waals surface area contributed by atoms with Crippen molar-refractivity contribution in [1.82, 2.24) is 0 Å². The quantitative estimate of drug-likeness (QED) is 0.610. The summed E-state index contributed by atoms with van der Waals surface area (Å²) in [5, 5.41) is 0. The first kappa shape index (κ1) is 18.0. The Kier molecular flexibility index (Phi) is 7.17. The first-order valence-corrected chi connectivity index (χ1v) is 8.27. The van der Waals surface area contributed by atoms with E-state index in [2.05, 4.69) is 65.0 Å². The maximum absolute atomic E-state index is 5.57. The van der Waals surface area contributed by atoms with E-state index < -0.39 is 0 Å². The van der Waals surface area contributed by atoms with Crippen LogP contribution in [0.5, 0.6) is 0 Å². The van der Waals surface area contributed by atoms with E-state index in [0.717, 1.165) is 19.4 Å². The normalized spacial score (nSPS) is 20.4. The van der Waals surface area contributed by atoms with Crippen molar-refractivity contribution in [2.45, 2.75) is 60.3 Å². The fourth-order valence-electron chi connectivity index (χ4n) is 3.00. The highest BCUT2D eigenvalue weighted by atomic mass is 14.5. The minimum atomic E-state index is 0.324. The first-order chi connectivity index (χ1) is 9.86. The monoisotopic (exact) mass is 287 g/mol. The van der Waals surface area contributed by atoms with E-state index in [4.69, 9.17) is 5.73 Å². The fraction of sp³-hybridized carbons (Fsp3) is 0.600. The van der Waals surface area contributed by atoms with Crippen molar-refractivity contribution in [3.05, 3.63) is 47.1 Å². The molecule has 118 valence electrons. The molecule has 0 spiro atoms. The minimum absolute atomic E-state index is 0.324. The van der Waals surface area contributed by atoms with Gasteiger partial charge in [-0.1, -0.05) is 67.9 Å². The molecule has 1 aliphatic rings. The van der Waals surface area contributed by atoms with Crippen LogP contribution in [0.2, 0.25) is 0 Å². The van der Waals surface area contributed by atoms with E-state index in [1.807, 2.05) is 0 Å². The van der Waals surface area contributed by atoms with Crippen molar-refractivity contribution in [2.75, 3.05) is 6.54 Å². The second-order valence-corrected chi connectivity index (χ2v) is 7.10. The molecule has 0 aromatic heterocycles. The SMILES string of the molecule is CC1=C(CC/C(C)=C/C=C/C(C)CCN)C(C)(C)CC=C1. The lowest BCUT2D eigenvalue weighted by Gasteiger charge is -2.31. The molecule has 2 N–H and O–H groups in total. The maximum atomic E-state index is 5.57. The van der Waals surface area contributed by atoms with Crippen LogP contribution in [0.1, 0.15) is 60.3 Å². The molecule has 0 aromatic carbocycles. The standard InChI is InChI=1S/C20H33N/c1-16(8-6-9-17(2)13-15-21)11-12-19-18(3)10-7-14-20(19,4)5/h6-10,17H,11-15,21H2,1-5H3/b9-6+,16-8+. The van der Waals surface area contributed by atoms with Crippen molar-refractivity contribution in [2.24, 2.45) is 17.1 Å². The van der Waals surface area contributed by atoms with Crippen LogP contribution in [0.15, 0.2) is 47.1 Å². The molecule has 1 atom stereocenters. The lowest BCUT2D eigenvalue weighted by molar-refractivity contribution is 0.426. The molecule has 0 aromatic rings. The summed E-state index contributed by atoms with van der Waals surface area (Å²) < 4.78 is 0. The summed E-state index contributed by atoms with van der Waals surface area (Å²) in [6.45, 7) is 12.2. The highest BCUT2D eigenvalue weighted by Gasteiger charge is 2.25. The van der Waals surface area contributed by atoms with E-state index in [9.17, 15) is 0 Å². The van der Waals surface area contributed by atoms with Crippen molar-refractivity contribution in [3.8, 4) is 0 Å². The Morgan fingerprint density at radius 3 is 2.76 bits per heavy atom. The zero-order chi connectivity index (χ0) is 15.9. The second-order valence-electron chi connectivity index (χ2n) is 7.10. The molecule has 0 amide bonds. The predicted molar refractivity (Wildman–Crippen MR) is 95.2 cm³/mol. The van der Waals surface area contributed by atoms with Gasteiger partial charge in [0.1, 0.15) is 0 Å². The summed E-state index contributed by atoms with van der Waals surface area (Å²) in [6, 6.07) is 0. The molecule has 0 aliphatic heterocycles. The summed E-state index contributed by atoms with van der Waals surface area (Å²) in [7, 11) is 0. The Morgan fingerprint density at radius 1 is 1.43 bits per heavy atom. The van der Waals surface area contributed by atoms with Crippen molar-refractivity contribution in [1.29, 1.82) is 0 Å². The lowest BCUT2D eigenvalue weighted by Crippen LogP contribution is -2.17. The van der Waals surface area contributed by atoms with Gasteiger partial charge in [0.2, 0.25) is 0 Å². The molecular formula is C20H33N. The van der Waals surface area contributed by atoms with Gasteiger partial charge in [0.25, 0.3) is 0 Å². The summed E-state index contributed by atoms with van der Waals surface area (Å²) in [5.41, 5.74) is 10.4. The molecule has 1 aliphatic carbocycles. The summed E-state index contributed by atoms with van der Waals surface area (Å²) >= 11 is 0. The number of rotatable bonds is 7. The van der Waals surface area contributed by atoms with E-state index >= 15 is 0 Å². The van der Waals surface area contributed by atoms with Gasteiger partial charge in [-0.25, -0.2) is 0 Å². The number of hydrogen-bond donors (Lipinski definition) is 1. The average molecular weight is 287 g/mol. The molecule has 0 heterocycles. The van der Waals surface area contributed by atoms with Crippen LogP contribution in [0.3, 0.4) is 0 Å². The summed E-state index contributed by atoms with van der Waals surface area (Å²) in [4.78, 5) is 0. The molecule has 1 nitrogen and oxygen atoms in total. The molecular weight excluding hydrogens is 254 g/mol. The lowest BCUT2D eigenvalue weighted by atomic mass is 9.73. The van der Waals surface area contributed by atoms with Gasteiger partial charge in [-0.3, -0.25) is 0 Å². The molecule has 0 saturated heterocycles. The Bertz CT molecular complexity index is 446. The molecule has 0 radical (unpaired) electrons. The van der Waals surface area contributed by atoms with Gasteiger partial charge < -0.3 is 5.73 Å². The molecule has 0 bridgehead atoms. The van der Waals surface area contributed by atoms with Gasteiger partial charge >= 0.3 is 0 Å². The zero-order valence-electron chi connectivity index (χ0n) is 14.6. The summed E-state index contributed by atoms with van der Waals surface area (Å²) in [5.74, 6) is 0.575. The first-order valence-electron chi connectivity index (χ1n) is 8.27. The van der Waals surface area contributed by atoms with Gasteiger partial charge in [-0.15, -0.1) is 0 Å². The Balaban J connectivity index is 2.56. The topological polar surface area (TPSA) is 26.0 Å². The molecule has 1 unspecified atom stereocenters. The van der Waals surface area contributed by atoms with Crippen molar-refractivity contribution >= 4 is 0 Å². The third-order valence-corrected chi connectivity index (χ3v) is 4.50. The van der Waals surface area contributed by atoms with Crippen LogP contribution < -0.4 is 5.73 Å². The maximum Gasteiger partial charge on any atom is -0.00718 e. The zero-order valence-corrected chi connectivity index (χ0v) is 14.6. The van der Waals surface area contributed by atoms with Gasteiger partial charge in [0, 0.05) is 0 Å². The van der Waals surface area contributed by atoms with E-state index in [1.165, 1.54) is 24.0 Å². The van der Waals surface area contributed by atoms with Gasteiger partial charge in [0.05, 0.1) is 0 Å². The second kappa shape index (κ2) is 8.38. The molecule has 1 rings (SSSR count). The van der Waals surface area contributed by atoms with Crippen LogP contribution in [-0.4, -0.2) is 6.54 Å². The minimum Gasteiger partial charge on any atom is -0.330 e. The Morgan fingerprint density at radius 2 is 2.14 bits per heavy atom. The predicted octanol–water partition coefficient (Wildman–Crippen LogP) is 5.56. The van der Waals surface area contributed by atoms with Crippen molar-refractivity contribution < 1.29 is 0 Å². The summed E-state index contributed by atoms with van der Waals surface area (Å²) in [6.07, 6.45) is 15.9. The largest absolute Gasteiger partial charge is 0.330 e. The smallest absolute Gasteiger partial charge is 0.00718 e. The van der Waals surface area contributed by atoms with Crippen molar-refractivity contribution in [3.63, 3.8) is 0 Å². The van der Waals surface area contributed by atoms with Crippen LogP contribution in [0.25, 0.3) is 0 Å². The van der Waals surface area contributed by atoms with Crippen LogP contribution in [0, 0.1) is 11.3 Å². The number of hydrogen-bond acceptors (Lipinski definition) is 1. The number of nitrogens with two attached hydrogens (primary N) is 1. The average Bonchev–Trinajstić information content (AvgIpc) is 2.37. The van der Waals surface area contributed by atoms with Crippen LogP contribution in [-0.2, 0) is 0 Å². The third-order valence-electron chi connectivity index (χ3n) is 4.50. The van der Waals surface area contributed by atoms with E-state index in [1.54, 1.807) is 5.57 Å². The van der Waals surface area contributed by atoms with Crippen LogP contribution >= 0.6 is 0 Å². The fourth-order valence-corrected chi connectivity index (χ4v) is 3.00. The Hall–Kier alpha value is -1.08. The molecule has 21 heavy (non-hydrogen) atoms. The van der Waals surface area contributed by atoms with E-state index in [-0.39, 0.29) is 0 Å². The highest BCUT2D eigenvalue weighted by molar-refractivity contribution is 5.33. The molecule has 0 saturated carbocycles. The van der Waals surface area contributed by atoms with E-state index in [0.29, 0.717) is 11.3 Å². The van der Waals surface area contributed by atoms with Gasteiger partial charge in [-0.05, 0) is 57.4 Å². The molecule has 0 fully saturated rings. The van der Waals surface area contributed by atoms with Gasteiger partial charge in [0.15, 0.2) is 0 Å². The number of allylic oxidation sites excluding steroid dienone is 8. The van der Waals surface area contributed by atoms with Crippen LogP contribution in [0.4, 0.5) is 0 Å². The third kappa shape index (κ3) is 6.05. The Labute approximate surface area is 131 Å². The van der Waals surface area contributed by atoms with Gasteiger partial charge in [-0.2, -0.15) is 0 Å². The highest BCUT2D eigenvalue weighted by Crippen LogP contribution is 2.39. The molecule has 1 heteroatoms.